The molecule has 0 spiro atoms. The molecule has 5 rings (SSSR count). The normalized spacial score (nSPS) is 16.8. The van der Waals surface area contributed by atoms with Crippen LogP contribution < -0.4 is 10.6 Å². The number of aromatic nitrogens is 2. The number of halogens is 1. The Kier molecular flexibility index (Phi) is 7.73. The second-order valence-electron chi connectivity index (χ2n) is 9.96. The number of rotatable bonds is 7. The third-order valence-corrected chi connectivity index (χ3v) is 8.15. The minimum Gasteiger partial charge on any atom is -0.352 e. The first-order valence-electron chi connectivity index (χ1n) is 13.0. The number of nitrogens with one attached hydrogen (secondary N) is 2. The predicted octanol–water partition coefficient (Wildman–Crippen LogP) is 6.76. The molecule has 1 fully saturated rings. The standard InChI is InChI=1S/C31H32ClN5OS/c1-19-10-5-6-13-25(19)34-27(38)15-17-36-30(29(35-31(36)39)26-14-7-8-16-33-26)28-20(2)21(3)37(22(28)4)24-12-9-11-23(32)18-24/h5-14,16,18,29-30H,15,17H2,1-4H3,(H,34,38)(H,35,39)/t29-,30-/m1/s1. The number of carbonyl (C=O) groups excluding carboxylic acids is 1. The van der Waals surface area contributed by atoms with Crippen LogP contribution in [0.4, 0.5) is 5.69 Å². The van der Waals surface area contributed by atoms with Gasteiger partial charge < -0.3 is 20.1 Å². The molecular formula is C31H32ClN5OS. The second kappa shape index (κ2) is 11.2. The van der Waals surface area contributed by atoms with Crippen molar-refractivity contribution in [2.75, 3.05) is 11.9 Å². The highest BCUT2D eigenvalue weighted by Gasteiger charge is 2.42. The number of anilines is 1. The monoisotopic (exact) mass is 557 g/mol. The molecule has 39 heavy (non-hydrogen) atoms. The zero-order valence-corrected chi connectivity index (χ0v) is 24.1. The van der Waals surface area contributed by atoms with E-state index < -0.39 is 0 Å². The maximum atomic E-state index is 13.0. The van der Waals surface area contributed by atoms with Crippen LogP contribution in [0.1, 0.15) is 52.3 Å². The quantitative estimate of drug-likeness (QED) is 0.246. The van der Waals surface area contributed by atoms with Crippen molar-refractivity contribution in [1.29, 1.82) is 0 Å². The number of aryl methyl sites for hydroxylation is 1. The Hall–Kier alpha value is -3.68. The lowest BCUT2D eigenvalue weighted by molar-refractivity contribution is -0.116. The lowest BCUT2D eigenvalue weighted by Crippen LogP contribution is -2.33. The van der Waals surface area contributed by atoms with Crippen molar-refractivity contribution >= 4 is 40.5 Å². The molecule has 2 aromatic carbocycles. The highest BCUT2D eigenvalue weighted by atomic mass is 35.5. The molecule has 0 saturated carbocycles. The minimum atomic E-state index is -0.162. The first kappa shape index (κ1) is 26.9. The summed E-state index contributed by atoms with van der Waals surface area (Å²) in [6.45, 7) is 8.87. The lowest BCUT2D eigenvalue weighted by Gasteiger charge is -2.29. The molecule has 0 unspecified atom stereocenters. The molecule has 1 aliphatic heterocycles. The fourth-order valence-corrected chi connectivity index (χ4v) is 6.07. The largest absolute Gasteiger partial charge is 0.352 e. The van der Waals surface area contributed by atoms with E-state index in [0.717, 1.165) is 34.0 Å². The van der Waals surface area contributed by atoms with Crippen LogP contribution in [-0.2, 0) is 4.79 Å². The van der Waals surface area contributed by atoms with Crippen LogP contribution in [-0.4, -0.2) is 32.0 Å². The molecule has 200 valence electrons. The van der Waals surface area contributed by atoms with Gasteiger partial charge >= 0.3 is 0 Å². The molecule has 0 bridgehead atoms. The molecule has 6 nitrogen and oxygen atoms in total. The Morgan fingerprint density at radius 1 is 1.03 bits per heavy atom. The Morgan fingerprint density at radius 2 is 1.79 bits per heavy atom. The number of para-hydroxylation sites is 1. The van der Waals surface area contributed by atoms with Gasteiger partial charge in [-0.25, -0.2) is 0 Å². The molecule has 2 aromatic heterocycles. The summed E-state index contributed by atoms with van der Waals surface area (Å²) in [4.78, 5) is 19.8. The van der Waals surface area contributed by atoms with Crippen LogP contribution >= 0.6 is 23.8 Å². The Balaban J connectivity index is 1.52. The summed E-state index contributed by atoms with van der Waals surface area (Å²) in [6, 6.07) is 21.3. The van der Waals surface area contributed by atoms with Crippen molar-refractivity contribution in [3.63, 3.8) is 0 Å². The summed E-state index contributed by atoms with van der Waals surface area (Å²) >= 11 is 12.2. The van der Waals surface area contributed by atoms with Crippen molar-refractivity contribution < 1.29 is 4.79 Å². The SMILES string of the molecule is Cc1ccccc1NC(=O)CCN1C(=S)N[C@H](c2ccccn2)[C@H]1c1c(C)c(C)n(-c2cccc(Cl)c2)c1C. The second-order valence-corrected chi connectivity index (χ2v) is 10.8. The lowest BCUT2D eigenvalue weighted by atomic mass is 9.93. The van der Waals surface area contributed by atoms with Gasteiger partial charge in [0.15, 0.2) is 5.11 Å². The van der Waals surface area contributed by atoms with Gasteiger partial charge in [-0.15, -0.1) is 0 Å². The van der Waals surface area contributed by atoms with Crippen LogP contribution in [0.15, 0.2) is 72.9 Å². The number of benzene rings is 2. The average Bonchev–Trinajstić information content (AvgIpc) is 3.35. The Bertz CT molecular complexity index is 1530. The number of pyridine rings is 1. The number of hydrogen-bond donors (Lipinski definition) is 2. The van der Waals surface area contributed by atoms with Crippen molar-refractivity contribution in [2.24, 2.45) is 0 Å². The number of carbonyl (C=O) groups is 1. The highest BCUT2D eigenvalue weighted by Crippen LogP contribution is 2.43. The van der Waals surface area contributed by atoms with Crippen molar-refractivity contribution in [3.8, 4) is 5.69 Å². The van der Waals surface area contributed by atoms with E-state index in [2.05, 4.69) is 51.9 Å². The van der Waals surface area contributed by atoms with Crippen LogP contribution in [0, 0.1) is 27.7 Å². The zero-order valence-electron chi connectivity index (χ0n) is 22.5. The van der Waals surface area contributed by atoms with Gasteiger partial charge in [0.05, 0.1) is 17.8 Å². The topological polar surface area (TPSA) is 62.2 Å². The van der Waals surface area contributed by atoms with Gasteiger partial charge in [0.2, 0.25) is 5.91 Å². The fourth-order valence-electron chi connectivity index (χ4n) is 5.55. The van der Waals surface area contributed by atoms with Crippen molar-refractivity contribution in [1.82, 2.24) is 19.8 Å². The Labute approximate surface area is 240 Å². The summed E-state index contributed by atoms with van der Waals surface area (Å²) in [5, 5.41) is 7.87. The summed E-state index contributed by atoms with van der Waals surface area (Å²) < 4.78 is 2.25. The van der Waals surface area contributed by atoms with Gasteiger partial charge in [-0.1, -0.05) is 41.9 Å². The van der Waals surface area contributed by atoms with Gasteiger partial charge in [-0.3, -0.25) is 9.78 Å². The molecule has 4 aromatic rings. The molecule has 0 radical (unpaired) electrons. The van der Waals surface area contributed by atoms with Crippen LogP contribution in [0.3, 0.4) is 0 Å². The molecule has 3 heterocycles. The van der Waals surface area contributed by atoms with Gasteiger partial charge in [0, 0.05) is 52.5 Å². The molecule has 2 N–H and O–H groups in total. The summed E-state index contributed by atoms with van der Waals surface area (Å²) in [5.74, 6) is -0.0479. The van der Waals surface area contributed by atoms with Crippen molar-refractivity contribution in [2.45, 2.75) is 46.2 Å². The summed E-state index contributed by atoms with van der Waals surface area (Å²) in [6.07, 6.45) is 2.10. The van der Waals surface area contributed by atoms with E-state index in [1.807, 2.05) is 67.6 Å². The maximum absolute atomic E-state index is 13.0. The van der Waals surface area contributed by atoms with E-state index >= 15 is 0 Å². The van der Waals surface area contributed by atoms with E-state index in [1.165, 1.54) is 11.1 Å². The zero-order chi connectivity index (χ0) is 27.7. The molecular weight excluding hydrogens is 526 g/mol. The van der Waals surface area contributed by atoms with Gasteiger partial charge in [0.25, 0.3) is 0 Å². The third-order valence-electron chi connectivity index (χ3n) is 7.57. The van der Waals surface area contributed by atoms with Crippen LogP contribution in [0.5, 0.6) is 0 Å². The minimum absolute atomic E-state index is 0.0479. The Morgan fingerprint density at radius 3 is 2.51 bits per heavy atom. The molecule has 1 aliphatic rings. The van der Waals surface area contributed by atoms with E-state index in [0.29, 0.717) is 23.1 Å². The first-order chi connectivity index (χ1) is 18.8. The fraction of sp³-hybridized carbons (Fsp3) is 0.258. The van der Waals surface area contributed by atoms with Gasteiger partial charge in [0.1, 0.15) is 0 Å². The van der Waals surface area contributed by atoms with Crippen LogP contribution in [0.25, 0.3) is 5.69 Å². The number of hydrogen-bond acceptors (Lipinski definition) is 3. The number of nitrogens with zero attached hydrogens (tertiary/aromatic N) is 3. The highest BCUT2D eigenvalue weighted by molar-refractivity contribution is 7.80. The van der Waals surface area contributed by atoms with Gasteiger partial charge in [-0.2, -0.15) is 0 Å². The molecule has 0 aliphatic carbocycles. The predicted molar refractivity (Wildman–Crippen MR) is 162 cm³/mol. The van der Waals surface area contributed by atoms with Crippen molar-refractivity contribution in [3.05, 3.63) is 112 Å². The summed E-state index contributed by atoms with van der Waals surface area (Å²) in [7, 11) is 0. The van der Waals surface area contributed by atoms with E-state index in [4.69, 9.17) is 23.8 Å². The average molecular weight is 558 g/mol. The first-order valence-corrected chi connectivity index (χ1v) is 13.8. The molecule has 1 amide bonds. The van der Waals surface area contributed by atoms with Crippen LogP contribution in [0.2, 0.25) is 5.02 Å². The smallest absolute Gasteiger partial charge is 0.226 e. The maximum Gasteiger partial charge on any atom is 0.226 e. The van der Waals surface area contributed by atoms with E-state index in [1.54, 1.807) is 6.20 Å². The van der Waals surface area contributed by atoms with Gasteiger partial charge in [-0.05, 0) is 87.4 Å². The molecule has 2 atom stereocenters. The number of thiocarbonyl (C=S) groups is 1. The van der Waals surface area contributed by atoms with E-state index in [-0.39, 0.29) is 18.0 Å². The third kappa shape index (κ3) is 5.29. The molecule has 1 saturated heterocycles. The molecule has 8 heteroatoms. The number of amides is 1. The van der Waals surface area contributed by atoms with E-state index in [9.17, 15) is 4.79 Å². The summed E-state index contributed by atoms with van der Waals surface area (Å²) in [5.41, 5.74) is 8.38.